The van der Waals surface area contributed by atoms with Gasteiger partial charge in [0.1, 0.15) is 5.76 Å². The number of hydrogen-bond donors (Lipinski definition) is 2. The number of primary amides is 1. The van der Waals surface area contributed by atoms with Gasteiger partial charge >= 0.3 is 0 Å². The number of nitrogens with two attached hydrogens (primary N) is 1. The fourth-order valence-corrected chi connectivity index (χ4v) is 2.12. The molecule has 106 valence electrons. The van der Waals surface area contributed by atoms with Gasteiger partial charge in [0.15, 0.2) is 5.76 Å². The highest BCUT2D eigenvalue weighted by molar-refractivity contribution is 5.75. The van der Waals surface area contributed by atoms with Crippen LogP contribution in [0.2, 0.25) is 0 Å². The van der Waals surface area contributed by atoms with E-state index in [1.165, 1.54) is 10.7 Å². The van der Waals surface area contributed by atoms with Gasteiger partial charge in [-0.1, -0.05) is 0 Å². The number of carbonyl (C=O) groups is 1. The summed E-state index contributed by atoms with van der Waals surface area (Å²) in [5.41, 5.74) is 5.31. The highest BCUT2D eigenvalue weighted by Crippen LogP contribution is 2.32. The molecule has 1 amide bonds. The molecule has 0 fully saturated rings. The van der Waals surface area contributed by atoms with Crippen LogP contribution < -0.4 is 11.2 Å². The Kier molecular flexibility index (Phi) is 3.60. The zero-order valence-electron chi connectivity index (χ0n) is 11.2. The number of hydrogen-bond acceptors (Lipinski definition) is 5. The zero-order chi connectivity index (χ0) is 14.9. The van der Waals surface area contributed by atoms with Gasteiger partial charge < -0.3 is 15.3 Å². The van der Waals surface area contributed by atoms with E-state index in [0.717, 1.165) is 0 Å². The Morgan fingerprint density at radius 3 is 2.85 bits per heavy atom. The molecule has 0 unspecified atom stereocenters. The molecule has 2 aromatic heterocycles. The number of amides is 1. The predicted molar refractivity (Wildman–Crippen MR) is 70.2 cm³/mol. The minimum atomic E-state index is -0.660. The first kappa shape index (κ1) is 13.9. The van der Waals surface area contributed by atoms with Crippen molar-refractivity contribution >= 4 is 5.91 Å². The summed E-state index contributed by atoms with van der Waals surface area (Å²) in [6.07, 6.45) is 1.45. The molecule has 3 N–H and O–H groups in total. The molecule has 0 aliphatic rings. The van der Waals surface area contributed by atoms with E-state index in [4.69, 9.17) is 10.2 Å². The topological polar surface area (TPSA) is 111 Å². The monoisotopic (exact) mass is 277 g/mol. The number of carbonyl (C=O) groups excluding carboxylic acids is 1. The normalized spacial score (nSPS) is 12.3. The molecule has 0 aromatic carbocycles. The lowest BCUT2D eigenvalue weighted by atomic mass is 9.96. The summed E-state index contributed by atoms with van der Waals surface area (Å²) in [4.78, 5) is 22.9. The van der Waals surface area contributed by atoms with E-state index in [0.29, 0.717) is 11.5 Å². The maximum atomic E-state index is 11.7. The third kappa shape index (κ3) is 2.56. The molecule has 20 heavy (non-hydrogen) atoms. The molecule has 0 bridgehead atoms. The molecule has 2 aromatic rings. The van der Waals surface area contributed by atoms with Crippen LogP contribution in [0.1, 0.15) is 29.6 Å². The molecule has 2 rings (SSSR count). The van der Waals surface area contributed by atoms with Crippen molar-refractivity contribution in [3.8, 4) is 5.75 Å². The van der Waals surface area contributed by atoms with Crippen molar-refractivity contribution in [1.82, 2.24) is 9.78 Å². The van der Waals surface area contributed by atoms with Crippen molar-refractivity contribution in [2.45, 2.75) is 19.3 Å². The van der Waals surface area contributed by atoms with Crippen molar-refractivity contribution < 1.29 is 14.3 Å². The molecule has 0 aliphatic carbocycles. The van der Waals surface area contributed by atoms with E-state index in [2.05, 4.69) is 5.10 Å². The fourth-order valence-electron chi connectivity index (χ4n) is 2.12. The van der Waals surface area contributed by atoms with E-state index < -0.39 is 23.0 Å². The molecule has 2 heterocycles. The SMILES string of the molecule is Cc1cc(=O)c(O)c([C@@H](CC(N)=O)c2ccnn2C)o1. The second-order valence-corrected chi connectivity index (χ2v) is 4.54. The lowest BCUT2D eigenvalue weighted by molar-refractivity contribution is -0.118. The van der Waals surface area contributed by atoms with E-state index >= 15 is 0 Å². The number of nitrogens with zero attached hydrogens (tertiary/aromatic N) is 2. The summed E-state index contributed by atoms with van der Waals surface area (Å²) >= 11 is 0. The number of aromatic hydroxyl groups is 1. The Hall–Kier alpha value is -2.57. The predicted octanol–water partition coefficient (Wildman–Crippen LogP) is 0.395. The average molecular weight is 277 g/mol. The van der Waals surface area contributed by atoms with Gasteiger partial charge in [0.05, 0.1) is 5.92 Å². The van der Waals surface area contributed by atoms with Gasteiger partial charge in [-0.05, 0) is 13.0 Å². The van der Waals surface area contributed by atoms with Crippen LogP contribution in [0.4, 0.5) is 0 Å². The van der Waals surface area contributed by atoms with E-state index in [1.54, 1.807) is 26.2 Å². The van der Waals surface area contributed by atoms with Crippen LogP contribution in [0.5, 0.6) is 5.75 Å². The number of rotatable bonds is 4. The van der Waals surface area contributed by atoms with Gasteiger partial charge in [0.2, 0.25) is 17.1 Å². The lowest BCUT2D eigenvalue weighted by Crippen LogP contribution is -2.19. The molecular weight excluding hydrogens is 262 g/mol. The smallest absolute Gasteiger partial charge is 0.227 e. The van der Waals surface area contributed by atoms with Crippen LogP contribution in [0.15, 0.2) is 27.5 Å². The molecule has 0 saturated carbocycles. The molecular formula is C13H15N3O4. The quantitative estimate of drug-likeness (QED) is 0.840. The third-order valence-corrected chi connectivity index (χ3v) is 3.01. The molecule has 0 radical (unpaired) electrons. The summed E-state index contributed by atoms with van der Waals surface area (Å²) in [5, 5.41) is 13.9. The molecule has 7 heteroatoms. The summed E-state index contributed by atoms with van der Waals surface area (Å²) in [6, 6.07) is 2.86. The first-order chi connectivity index (χ1) is 9.40. The van der Waals surface area contributed by atoms with Crippen molar-refractivity contribution in [3.63, 3.8) is 0 Å². The maximum Gasteiger partial charge on any atom is 0.227 e. The van der Waals surface area contributed by atoms with E-state index in [9.17, 15) is 14.7 Å². The first-order valence-electron chi connectivity index (χ1n) is 6.00. The standard InChI is InChI=1S/C13H15N3O4/c1-7-5-10(17)12(19)13(20-7)8(6-11(14)18)9-3-4-15-16(9)2/h3-5,8,19H,6H2,1-2H3,(H2,14,18)/t8-/m0/s1. The summed E-state index contributed by atoms with van der Waals surface area (Å²) in [7, 11) is 1.69. The Morgan fingerprint density at radius 1 is 1.60 bits per heavy atom. The second kappa shape index (κ2) is 5.20. The van der Waals surface area contributed by atoms with Crippen molar-refractivity contribution in [2.24, 2.45) is 12.8 Å². The van der Waals surface area contributed by atoms with Gasteiger partial charge in [-0.15, -0.1) is 0 Å². The van der Waals surface area contributed by atoms with Gasteiger partial charge in [-0.25, -0.2) is 0 Å². The van der Waals surface area contributed by atoms with Crippen LogP contribution in [0.3, 0.4) is 0 Å². The summed E-state index contributed by atoms with van der Waals surface area (Å²) in [5.74, 6) is -1.37. The fraction of sp³-hybridized carbons (Fsp3) is 0.308. The number of aryl methyl sites for hydroxylation is 2. The van der Waals surface area contributed by atoms with Crippen LogP contribution in [0.25, 0.3) is 0 Å². The van der Waals surface area contributed by atoms with Crippen molar-refractivity contribution in [1.29, 1.82) is 0 Å². The van der Waals surface area contributed by atoms with E-state index in [-0.39, 0.29) is 12.2 Å². The van der Waals surface area contributed by atoms with Crippen molar-refractivity contribution in [2.75, 3.05) is 0 Å². The summed E-state index contributed by atoms with van der Waals surface area (Å²) < 4.78 is 6.97. The first-order valence-corrected chi connectivity index (χ1v) is 6.00. The van der Waals surface area contributed by atoms with Crippen LogP contribution in [-0.2, 0) is 11.8 Å². The van der Waals surface area contributed by atoms with Gasteiger partial charge in [-0.2, -0.15) is 5.10 Å². The Morgan fingerprint density at radius 2 is 2.30 bits per heavy atom. The summed E-state index contributed by atoms with van der Waals surface area (Å²) in [6.45, 7) is 1.59. The highest BCUT2D eigenvalue weighted by atomic mass is 16.4. The Bertz CT molecular complexity index is 702. The molecule has 1 atom stereocenters. The molecule has 7 nitrogen and oxygen atoms in total. The maximum absolute atomic E-state index is 11.7. The van der Waals surface area contributed by atoms with Gasteiger partial charge in [0, 0.05) is 31.4 Å². The largest absolute Gasteiger partial charge is 0.502 e. The van der Waals surface area contributed by atoms with Crippen LogP contribution in [0, 0.1) is 6.92 Å². The van der Waals surface area contributed by atoms with Gasteiger partial charge in [-0.3, -0.25) is 14.3 Å². The Labute approximate surface area is 114 Å². The molecule has 0 aliphatic heterocycles. The zero-order valence-corrected chi connectivity index (χ0v) is 11.2. The Balaban J connectivity index is 2.61. The van der Waals surface area contributed by atoms with Crippen LogP contribution in [-0.4, -0.2) is 20.8 Å². The number of aromatic nitrogens is 2. The van der Waals surface area contributed by atoms with Crippen molar-refractivity contribution in [3.05, 3.63) is 45.8 Å². The molecule has 0 spiro atoms. The van der Waals surface area contributed by atoms with E-state index in [1.807, 2.05) is 0 Å². The van der Waals surface area contributed by atoms with Gasteiger partial charge in [0.25, 0.3) is 0 Å². The highest BCUT2D eigenvalue weighted by Gasteiger charge is 2.26. The minimum absolute atomic E-state index is 0.0254. The lowest BCUT2D eigenvalue weighted by Gasteiger charge is -2.16. The van der Waals surface area contributed by atoms with Crippen LogP contribution >= 0.6 is 0 Å². The molecule has 0 saturated heterocycles. The second-order valence-electron chi connectivity index (χ2n) is 4.54. The minimum Gasteiger partial charge on any atom is -0.502 e. The third-order valence-electron chi connectivity index (χ3n) is 3.01. The average Bonchev–Trinajstić information content (AvgIpc) is 2.77.